The molecule has 12 heteroatoms. The van der Waals surface area contributed by atoms with Gasteiger partial charge in [0.05, 0.1) is 29.5 Å². The highest BCUT2D eigenvalue weighted by atomic mass is 32.2. The Morgan fingerprint density at radius 2 is 1.87 bits per heavy atom. The van der Waals surface area contributed by atoms with Crippen molar-refractivity contribution < 1.29 is 17.6 Å². The largest absolute Gasteiger partial charge is 0.431 e. The molecule has 1 aliphatic heterocycles. The average Bonchev–Trinajstić information content (AvgIpc) is 3.45. The highest BCUT2D eigenvalue weighted by Crippen LogP contribution is 2.28. The summed E-state index contributed by atoms with van der Waals surface area (Å²) in [5, 5.41) is 12.3. The lowest BCUT2D eigenvalue weighted by Gasteiger charge is -2.25. The van der Waals surface area contributed by atoms with Gasteiger partial charge in [0, 0.05) is 13.1 Å². The van der Waals surface area contributed by atoms with Gasteiger partial charge in [-0.15, -0.1) is 5.10 Å². The molecule has 10 nitrogen and oxygen atoms in total. The minimum absolute atomic E-state index is 0.194. The number of sulfonamides is 1. The van der Waals surface area contributed by atoms with Crippen molar-refractivity contribution in [2.75, 3.05) is 26.3 Å². The van der Waals surface area contributed by atoms with Crippen LogP contribution in [0.15, 0.2) is 63.1 Å². The van der Waals surface area contributed by atoms with Gasteiger partial charge in [-0.05, 0) is 40.8 Å². The summed E-state index contributed by atoms with van der Waals surface area (Å²) in [6, 6.07) is 14.3. The molecule has 31 heavy (non-hydrogen) atoms. The van der Waals surface area contributed by atoms with E-state index in [4.69, 9.17) is 9.15 Å². The van der Waals surface area contributed by atoms with E-state index in [9.17, 15) is 8.42 Å². The molecule has 0 bridgehead atoms. The third kappa shape index (κ3) is 4.06. The van der Waals surface area contributed by atoms with Crippen LogP contribution in [0.25, 0.3) is 16.8 Å². The third-order valence-electron chi connectivity index (χ3n) is 4.81. The van der Waals surface area contributed by atoms with Crippen LogP contribution in [0.4, 0.5) is 0 Å². The van der Waals surface area contributed by atoms with E-state index in [2.05, 4.69) is 20.5 Å². The summed E-state index contributed by atoms with van der Waals surface area (Å²) >= 11 is 1.34. The smallest absolute Gasteiger partial charge is 0.257 e. The molecule has 1 fully saturated rings. The van der Waals surface area contributed by atoms with Gasteiger partial charge < -0.3 is 9.15 Å². The van der Waals surface area contributed by atoms with Gasteiger partial charge in [-0.25, -0.2) is 13.4 Å². The van der Waals surface area contributed by atoms with Crippen LogP contribution in [-0.4, -0.2) is 64.2 Å². The summed E-state index contributed by atoms with van der Waals surface area (Å²) in [6.45, 7) is 1.48. The minimum Gasteiger partial charge on any atom is -0.431 e. The molecule has 0 aliphatic carbocycles. The first kappa shape index (κ1) is 20.1. The maximum absolute atomic E-state index is 12.9. The Labute approximate surface area is 182 Å². The molecule has 1 saturated heterocycles. The number of aromatic nitrogens is 5. The molecule has 0 saturated carbocycles. The molecule has 160 valence electrons. The van der Waals surface area contributed by atoms with Gasteiger partial charge in [0.2, 0.25) is 10.0 Å². The van der Waals surface area contributed by atoms with Gasteiger partial charge in [0.1, 0.15) is 5.52 Å². The number of hydrogen-bond donors (Lipinski definition) is 0. The summed E-state index contributed by atoms with van der Waals surface area (Å²) in [5.74, 6) is 1.09. The van der Waals surface area contributed by atoms with Crippen molar-refractivity contribution >= 4 is 32.9 Å². The summed E-state index contributed by atoms with van der Waals surface area (Å²) in [4.78, 5) is 4.64. The van der Waals surface area contributed by atoms with Crippen molar-refractivity contribution in [2.24, 2.45) is 0 Å². The molecule has 0 N–H and O–H groups in total. The topological polar surface area (TPSA) is 116 Å². The van der Waals surface area contributed by atoms with E-state index in [1.165, 1.54) is 16.1 Å². The van der Waals surface area contributed by atoms with Crippen LogP contribution < -0.4 is 0 Å². The number of nitrogens with zero attached hydrogens (tertiary/aromatic N) is 6. The summed E-state index contributed by atoms with van der Waals surface area (Å²) < 4.78 is 39.8. The fourth-order valence-electron chi connectivity index (χ4n) is 3.24. The summed E-state index contributed by atoms with van der Waals surface area (Å²) in [5.41, 5.74) is 1.86. The molecule has 5 rings (SSSR count). The van der Waals surface area contributed by atoms with E-state index >= 15 is 0 Å². The molecule has 0 amide bonds. The zero-order chi connectivity index (χ0) is 21.3. The number of oxazole rings is 1. The number of hydrogen-bond acceptors (Lipinski definition) is 9. The highest BCUT2D eigenvalue weighted by molar-refractivity contribution is 7.98. The molecular formula is C19H18N6O4S2. The predicted octanol–water partition coefficient (Wildman–Crippen LogP) is 2.12. The molecular weight excluding hydrogens is 440 g/mol. The molecule has 4 aromatic rings. The van der Waals surface area contributed by atoms with Crippen molar-refractivity contribution in [1.29, 1.82) is 0 Å². The van der Waals surface area contributed by atoms with E-state index in [1.54, 1.807) is 22.9 Å². The molecule has 1 aliphatic rings. The Morgan fingerprint density at radius 3 is 2.68 bits per heavy atom. The van der Waals surface area contributed by atoms with Gasteiger partial charge in [0.25, 0.3) is 5.22 Å². The van der Waals surface area contributed by atoms with Gasteiger partial charge in [0.15, 0.2) is 11.4 Å². The molecule has 2 aromatic carbocycles. The van der Waals surface area contributed by atoms with E-state index in [-0.39, 0.29) is 4.90 Å². The number of rotatable bonds is 6. The van der Waals surface area contributed by atoms with Crippen molar-refractivity contribution in [1.82, 2.24) is 29.5 Å². The van der Waals surface area contributed by atoms with Crippen LogP contribution in [0, 0.1) is 0 Å². The number of tetrazole rings is 1. The minimum atomic E-state index is -3.59. The normalized spacial score (nSPS) is 15.5. The fourth-order valence-corrected chi connectivity index (χ4v) is 5.41. The van der Waals surface area contributed by atoms with Crippen molar-refractivity contribution in [3.63, 3.8) is 0 Å². The second-order valence-corrected chi connectivity index (χ2v) is 9.62. The van der Waals surface area contributed by atoms with Crippen LogP contribution in [0.1, 0.15) is 5.82 Å². The van der Waals surface area contributed by atoms with E-state index in [0.717, 1.165) is 5.69 Å². The molecule has 2 aromatic heterocycles. The SMILES string of the molecule is O=S(=O)(c1ccc2oc(SCc3nnnn3-c3ccccc3)nc2c1)N1CCOCC1. The standard InChI is InChI=1S/C19H18N6O4S2/c26-31(27,24-8-10-28-11-9-24)15-6-7-17-16(12-15)20-19(29-17)30-13-18-21-22-23-25(18)14-4-2-1-3-5-14/h1-7,12H,8-11,13H2. The Balaban J connectivity index is 1.35. The third-order valence-corrected chi connectivity index (χ3v) is 7.53. The van der Waals surface area contributed by atoms with E-state index < -0.39 is 10.0 Å². The van der Waals surface area contributed by atoms with Crippen LogP contribution in [-0.2, 0) is 20.5 Å². The Kier molecular flexibility index (Phi) is 5.44. The lowest BCUT2D eigenvalue weighted by molar-refractivity contribution is 0.0730. The van der Waals surface area contributed by atoms with Gasteiger partial charge >= 0.3 is 0 Å². The Hall–Kier alpha value is -2.80. The van der Waals surface area contributed by atoms with Crippen LogP contribution in [0.3, 0.4) is 0 Å². The summed E-state index contributed by atoms with van der Waals surface area (Å²) in [7, 11) is -3.59. The second kappa shape index (κ2) is 8.38. The number of ether oxygens (including phenoxy) is 1. The highest BCUT2D eigenvalue weighted by Gasteiger charge is 2.27. The summed E-state index contributed by atoms with van der Waals surface area (Å²) in [6.07, 6.45) is 0. The van der Waals surface area contributed by atoms with Gasteiger partial charge in [-0.1, -0.05) is 30.0 Å². The van der Waals surface area contributed by atoms with Crippen LogP contribution in [0.5, 0.6) is 0 Å². The van der Waals surface area contributed by atoms with Crippen molar-refractivity contribution in [3.05, 3.63) is 54.4 Å². The quantitative estimate of drug-likeness (QED) is 0.401. The first-order chi connectivity index (χ1) is 15.1. The zero-order valence-corrected chi connectivity index (χ0v) is 17.9. The molecule has 3 heterocycles. The van der Waals surface area contributed by atoms with Gasteiger partial charge in [-0.3, -0.25) is 0 Å². The Morgan fingerprint density at radius 1 is 1.06 bits per heavy atom. The fraction of sp³-hybridized carbons (Fsp3) is 0.263. The Bertz CT molecular complexity index is 1300. The number of morpholine rings is 1. The molecule has 0 unspecified atom stereocenters. The zero-order valence-electron chi connectivity index (χ0n) is 16.3. The number of fused-ring (bicyclic) bond motifs is 1. The van der Waals surface area contributed by atoms with Crippen molar-refractivity contribution in [3.8, 4) is 5.69 Å². The van der Waals surface area contributed by atoms with Gasteiger partial charge in [-0.2, -0.15) is 8.99 Å². The predicted molar refractivity (Wildman–Crippen MR) is 112 cm³/mol. The molecule has 0 spiro atoms. The monoisotopic (exact) mass is 458 g/mol. The van der Waals surface area contributed by atoms with Crippen molar-refractivity contribution in [2.45, 2.75) is 15.9 Å². The molecule has 0 atom stereocenters. The maximum Gasteiger partial charge on any atom is 0.257 e. The van der Waals surface area contributed by atoms with Crippen LogP contribution >= 0.6 is 11.8 Å². The number of benzene rings is 2. The lowest BCUT2D eigenvalue weighted by atomic mass is 10.3. The lowest BCUT2D eigenvalue weighted by Crippen LogP contribution is -2.40. The van der Waals surface area contributed by atoms with E-state index in [1.807, 2.05) is 30.3 Å². The first-order valence-electron chi connectivity index (χ1n) is 9.55. The maximum atomic E-state index is 12.9. The first-order valence-corrected chi connectivity index (χ1v) is 12.0. The number of para-hydroxylation sites is 1. The number of thioether (sulfide) groups is 1. The van der Waals surface area contributed by atoms with Crippen LogP contribution in [0.2, 0.25) is 0 Å². The molecule has 0 radical (unpaired) electrons. The second-order valence-electron chi connectivity index (χ2n) is 6.76. The van der Waals surface area contributed by atoms with E-state index in [0.29, 0.717) is 54.2 Å². The average molecular weight is 459 g/mol.